The minimum atomic E-state index is 0.488. The van der Waals surface area contributed by atoms with Gasteiger partial charge in [0.05, 0.1) is 7.11 Å². The van der Waals surface area contributed by atoms with E-state index in [1.807, 2.05) is 12.1 Å². The third-order valence-electron chi connectivity index (χ3n) is 3.79. The van der Waals surface area contributed by atoms with E-state index in [0.717, 1.165) is 24.1 Å². The molecule has 94 valence electrons. The summed E-state index contributed by atoms with van der Waals surface area (Å²) in [6.07, 6.45) is 3.79. The molecule has 17 heavy (non-hydrogen) atoms. The van der Waals surface area contributed by atoms with Crippen molar-refractivity contribution in [2.24, 2.45) is 5.92 Å². The summed E-state index contributed by atoms with van der Waals surface area (Å²) in [5.74, 6) is 1.84. The smallest absolute Gasteiger partial charge is 0.118 e. The van der Waals surface area contributed by atoms with Crippen LogP contribution in [0.25, 0.3) is 0 Å². The normalized spacial score (nSPS) is 24.4. The van der Waals surface area contributed by atoms with Crippen molar-refractivity contribution in [3.05, 3.63) is 29.8 Å². The Morgan fingerprint density at radius 1 is 1.29 bits per heavy atom. The fourth-order valence-electron chi connectivity index (χ4n) is 2.45. The molecule has 3 atom stereocenters. The molecule has 2 heteroatoms. The number of rotatable bonds is 6. The summed E-state index contributed by atoms with van der Waals surface area (Å²) < 4.78 is 5.19. The van der Waals surface area contributed by atoms with Gasteiger partial charge in [0, 0.05) is 12.1 Å². The van der Waals surface area contributed by atoms with Crippen molar-refractivity contribution >= 4 is 0 Å². The number of methoxy groups -OCH3 is 1. The monoisotopic (exact) mass is 233 g/mol. The number of hydrogen-bond acceptors (Lipinski definition) is 2. The predicted molar refractivity (Wildman–Crippen MR) is 71.3 cm³/mol. The van der Waals surface area contributed by atoms with Gasteiger partial charge in [0.25, 0.3) is 0 Å². The highest BCUT2D eigenvalue weighted by molar-refractivity contribution is 5.29. The van der Waals surface area contributed by atoms with Crippen molar-refractivity contribution < 1.29 is 4.74 Å². The maximum atomic E-state index is 5.19. The van der Waals surface area contributed by atoms with Gasteiger partial charge in [-0.1, -0.05) is 32.4 Å². The van der Waals surface area contributed by atoms with E-state index < -0.39 is 0 Å². The second kappa shape index (κ2) is 5.54. The van der Waals surface area contributed by atoms with E-state index in [9.17, 15) is 0 Å². The highest BCUT2D eigenvalue weighted by Gasteiger charge is 2.36. The average Bonchev–Trinajstić information content (AvgIpc) is 3.14. The van der Waals surface area contributed by atoms with Crippen LogP contribution in [0.1, 0.15) is 44.7 Å². The zero-order valence-corrected chi connectivity index (χ0v) is 11.1. The molecule has 2 nitrogen and oxygen atoms in total. The number of hydrogen-bond donors (Lipinski definition) is 1. The largest absolute Gasteiger partial charge is 0.497 e. The molecule has 0 bridgehead atoms. The Morgan fingerprint density at radius 2 is 2.00 bits per heavy atom. The van der Waals surface area contributed by atoms with Crippen LogP contribution in [0.2, 0.25) is 0 Å². The van der Waals surface area contributed by atoms with Crippen molar-refractivity contribution in [2.45, 2.75) is 45.2 Å². The zero-order chi connectivity index (χ0) is 12.3. The standard InChI is InChI=1S/C15H23NO/c1-4-11-10-15(11)16-14(5-2)12-6-8-13(17-3)9-7-12/h6-9,11,14-16H,4-5,10H2,1-3H3. The Morgan fingerprint density at radius 3 is 2.47 bits per heavy atom. The number of benzene rings is 1. The van der Waals surface area contributed by atoms with E-state index in [4.69, 9.17) is 4.74 Å². The lowest BCUT2D eigenvalue weighted by Gasteiger charge is -2.18. The first-order valence-corrected chi connectivity index (χ1v) is 6.68. The summed E-state index contributed by atoms with van der Waals surface area (Å²) in [6.45, 7) is 4.52. The van der Waals surface area contributed by atoms with Crippen LogP contribution in [0.5, 0.6) is 5.75 Å². The van der Waals surface area contributed by atoms with Crippen molar-refractivity contribution in [3.8, 4) is 5.75 Å². The SMILES string of the molecule is CCC(NC1CC1CC)c1ccc(OC)cc1. The third kappa shape index (κ3) is 3.01. The first-order chi connectivity index (χ1) is 8.28. The summed E-state index contributed by atoms with van der Waals surface area (Å²) >= 11 is 0. The first kappa shape index (κ1) is 12.4. The van der Waals surface area contributed by atoms with Crippen LogP contribution in [0.3, 0.4) is 0 Å². The van der Waals surface area contributed by atoms with Crippen LogP contribution in [0, 0.1) is 5.92 Å². The molecule has 0 saturated heterocycles. The molecule has 1 fully saturated rings. The number of ether oxygens (including phenoxy) is 1. The van der Waals surface area contributed by atoms with Gasteiger partial charge in [0.1, 0.15) is 5.75 Å². The molecular weight excluding hydrogens is 210 g/mol. The van der Waals surface area contributed by atoms with E-state index >= 15 is 0 Å². The minimum Gasteiger partial charge on any atom is -0.497 e. The van der Waals surface area contributed by atoms with E-state index in [1.165, 1.54) is 18.4 Å². The lowest BCUT2D eigenvalue weighted by atomic mass is 10.0. The predicted octanol–water partition coefficient (Wildman–Crippen LogP) is 3.53. The van der Waals surface area contributed by atoms with Gasteiger partial charge in [-0.3, -0.25) is 0 Å². The lowest BCUT2D eigenvalue weighted by molar-refractivity contribution is 0.414. The fourth-order valence-corrected chi connectivity index (χ4v) is 2.45. The third-order valence-corrected chi connectivity index (χ3v) is 3.79. The molecule has 2 rings (SSSR count). The van der Waals surface area contributed by atoms with E-state index in [1.54, 1.807) is 7.11 Å². The highest BCUT2D eigenvalue weighted by atomic mass is 16.5. The lowest BCUT2D eigenvalue weighted by Crippen LogP contribution is -2.24. The summed E-state index contributed by atoms with van der Waals surface area (Å²) in [4.78, 5) is 0. The Labute approximate surface area is 104 Å². The molecular formula is C15H23NO. The Hall–Kier alpha value is -1.02. The molecule has 1 aliphatic carbocycles. The van der Waals surface area contributed by atoms with Gasteiger partial charge < -0.3 is 10.1 Å². The van der Waals surface area contributed by atoms with Gasteiger partial charge in [0.15, 0.2) is 0 Å². The second-order valence-corrected chi connectivity index (χ2v) is 4.91. The van der Waals surface area contributed by atoms with E-state index in [-0.39, 0.29) is 0 Å². The van der Waals surface area contributed by atoms with Crippen molar-refractivity contribution in [1.29, 1.82) is 0 Å². The molecule has 1 aromatic rings. The molecule has 1 aromatic carbocycles. The highest BCUT2D eigenvalue weighted by Crippen LogP contribution is 2.35. The molecule has 0 radical (unpaired) electrons. The van der Waals surface area contributed by atoms with Crippen LogP contribution in [-0.2, 0) is 0 Å². The summed E-state index contributed by atoms with van der Waals surface area (Å²) in [5, 5.41) is 3.75. The van der Waals surface area contributed by atoms with Gasteiger partial charge in [-0.2, -0.15) is 0 Å². The maximum absolute atomic E-state index is 5.19. The second-order valence-electron chi connectivity index (χ2n) is 4.91. The quantitative estimate of drug-likeness (QED) is 0.811. The summed E-state index contributed by atoms with van der Waals surface area (Å²) in [7, 11) is 1.71. The topological polar surface area (TPSA) is 21.3 Å². The van der Waals surface area contributed by atoms with Crippen LogP contribution >= 0.6 is 0 Å². The van der Waals surface area contributed by atoms with Crippen molar-refractivity contribution in [2.75, 3.05) is 7.11 Å². The summed E-state index contributed by atoms with van der Waals surface area (Å²) in [6, 6.07) is 9.66. The van der Waals surface area contributed by atoms with Crippen molar-refractivity contribution in [3.63, 3.8) is 0 Å². The molecule has 1 aliphatic rings. The molecule has 0 spiro atoms. The van der Waals surface area contributed by atoms with Crippen LogP contribution in [-0.4, -0.2) is 13.2 Å². The van der Waals surface area contributed by atoms with Crippen LogP contribution < -0.4 is 10.1 Å². The number of nitrogens with one attached hydrogen (secondary N) is 1. The van der Waals surface area contributed by atoms with Gasteiger partial charge in [-0.05, 0) is 36.5 Å². The molecule has 0 amide bonds. The Balaban J connectivity index is 1.97. The molecule has 0 heterocycles. The van der Waals surface area contributed by atoms with Gasteiger partial charge in [-0.15, -0.1) is 0 Å². The molecule has 0 aromatic heterocycles. The first-order valence-electron chi connectivity index (χ1n) is 6.68. The van der Waals surface area contributed by atoms with E-state index in [0.29, 0.717) is 6.04 Å². The fraction of sp³-hybridized carbons (Fsp3) is 0.600. The minimum absolute atomic E-state index is 0.488. The molecule has 3 unspecified atom stereocenters. The zero-order valence-electron chi connectivity index (χ0n) is 11.1. The maximum Gasteiger partial charge on any atom is 0.118 e. The Bertz CT molecular complexity index is 346. The van der Waals surface area contributed by atoms with Crippen LogP contribution in [0.4, 0.5) is 0 Å². The Kier molecular flexibility index (Phi) is 4.06. The van der Waals surface area contributed by atoms with Gasteiger partial charge in [-0.25, -0.2) is 0 Å². The van der Waals surface area contributed by atoms with Gasteiger partial charge in [0.2, 0.25) is 0 Å². The molecule has 0 aliphatic heterocycles. The van der Waals surface area contributed by atoms with Crippen LogP contribution in [0.15, 0.2) is 24.3 Å². The molecule has 1 N–H and O–H groups in total. The van der Waals surface area contributed by atoms with Crippen molar-refractivity contribution in [1.82, 2.24) is 5.32 Å². The molecule has 1 saturated carbocycles. The summed E-state index contributed by atoms with van der Waals surface area (Å²) in [5.41, 5.74) is 1.37. The average molecular weight is 233 g/mol. The van der Waals surface area contributed by atoms with Gasteiger partial charge >= 0.3 is 0 Å². The van der Waals surface area contributed by atoms with E-state index in [2.05, 4.69) is 31.3 Å².